The van der Waals surface area contributed by atoms with E-state index in [1.165, 1.54) is 11.8 Å². The number of carbonyl (C=O) groups excluding carboxylic acids is 1. The molecule has 0 aromatic heterocycles. The van der Waals surface area contributed by atoms with Gasteiger partial charge in [-0.15, -0.1) is 11.8 Å². The lowest BCUT2D eigenvalue weighted by Crippen LogP contribution is -2.31. The first kappa shape index (κ1) is 29.3. The molecule has 1 aliphatic heterocycles. The SMILES string of the molecule is O=C(O)CCC(=O)NCc1ccc(C2OC(CSc3ccccc3C(=O)O)CC(c3ccc(CO)cc3)O2)cc1. The number of hydrogen-bond acceptors (Lipinski definition) is 7. The van der Waals surface area contributed by atoms with Gasteiger partial charge in [0.1, 0.15) is 0 Å². The Hall–Kier alpha value is -3.70. The zero-order chi connectivity index (χ0) is 28.5. The van der Waals surface area contributed by atoms with E-state index in [-0.39, 0.29) is 49.7 Å². The van der Waals surface area contributed by atoms with E-state index >= 15 is 0 Å². The predicted molar refractivity (Wildman–Crippen MR) is 148 cm³/mol. The van der Waals surface area contributed by atoms with Crippen LogP contribution in [0.4, 0.5) is 0 Å². The molecule has 1 heterocycles. The second kappa shape index (κ2) is 14.1. The summed E-state index contributed by atoms with van der Waals surface area (Å²) in [5, 5.41) is 30.4. The molecule has 1 aliphatic rings. The van der Waals surface area contributed by atoms with Crippen LogP contribution in [0.5, 0.6) is 0 Å². The van der Waals surface area contributed by atoms with Crippen molar-refractivity contribution in [3.8, 4) is 0 Å². The van der Waals surface area contributed by atoms with Crippen molar-refractivity contribution in [3.05, 3.63) is 101 Å². The monoisotopic (exact) mass is 565 g/mol. The number of rotatable bonds is 12. The van der Waals surface area contributed by atoms with Gasteiger partial charge in [0.2, 0.25) is 5.91 Å². The zero-order valence-corrected chi connectivity index (χ0v) is 22.5. The first-order valence-electron chi connectivity index (χ1n) is 12.9. The molecular weight excluding hydrogens is 534 g/mol. The lowest BCUT2D eigenvalue weighted by atomic mass is 10.0. The van der Waals surface area contributed by atoms with E-state index < -0.39 is 18.2 Å². The average molecular weight is 566 g/mol. The Bertz CT molecular complexity index is 1310. The van der Waals surface area contributed by atoms with Gasteiger partial charge in [-0.25, -0.2) is 4.79 Å². The van der Waals surface area contributed by atoms with Gasteiger partial charge in [-0.3, -0.25) is 9.59 Å². The lowest BCUT2D eigenvalue weighted by molar-refractivity contribution is -0.245. The summed E-state index contributed by atoms with van der Waals surface area (Å²) in [4.78, 5) is 34.8. The molecule has 1 saturated heterocycles. The summed E-state index contributed by atoms with van der Waals surface area (Å²) in [7, 11) is 0. The second-order valence-electron chi connectivity index (χ2n) is 9.37. The number of hydrogen-bond donors (Lipinski definition) is 4. The van der Waals surface area contributed by atoms with Crippen LogP contribution in [0.2, 0.25) is 0 Å². The third kappa shape index (κ3) is 8.15. The van der Waals surface area contributed by atoms with Crippen molar-refractivity contribution in [2.24, 2.45) is 0 Å². The Balaban J connectivity index is 1.46. The summed E-state index contributed by atoms with van der Waals surface area (Å²) >= 11 is 1.43. The third-order valence-corrected chi connectivity index (χ3v) is 7.67. The number of ether oxygens (including phenoxy) is 2. The van der Waals surface area contributed by atoms with E-state index in [0.717, 1.165) is 22.3 Å². The van der Waals surface area contributed by atoms with Crippen LogP contribution < -0.4 is 5.32 Å². The van der Waals surface area contributed by atoms with Crippen molar-refractivity contribution >= 4 is 29.6 Å². The van der Waals surface area contributed by atoms with Gasteiger partial charge in [-0.2, -0.15) is 0 Å². The lowest BCUT2D eigenvalue weighted by Gasteiger charge is -2.36. The topological polar surface area (TPSA) is 142 Å². The highest BCUT2D eigenvalue weighted by Crippen LogP contribution is 2.39. The maximum Gasteiger partial charge on any atom is 0.336 e. The number of carboxylic acids is 2. The van der Waals surface area contributed by atoms with Crippen molar-refractivity contribution in [2.45, 2.75) is 55.8 Å². The highest BCUT2D eigenvalue weighted by Gasteiger charge is 2.32. The van der Waals surface area contributed by atoms with Crippen LogP contribution in [0.25, 0.3) is 0 Å². The molecule has 0 radical (unpaired) electrons. The summed E-state index contributed by atoms with van der Waals surface area (Å²) in [5.74, 6) is -1.80. The molecule has 4 rings (SSSR count). The molecule has 0 saturated carbocycles. The van der Waals surface area contributed by atoms with Gasteiger partial charge >= 0.3 is 11.9 Å². The summed E-state index contributed by atoms with van der Waals surface area (Å²) in [6.45, 7) is 0.222. The number of aliphatic hydroxyl groups excluding tert-OH is 1. The van der Waals surface area contributed by atoms with Crippen LogP contribution in [0.15, 0.2) is 77.7 Å². The number of nitrogens with one attached hydrogen (secondary N) is 1. The average Bonchev–Trinajstić information content (AvgIpc) is 2.98. The quantitative estimate of drug-likeness (QED) is 0.230. The van der Waals surface area contributed by atoms with E-state index in [0.29, 0.717) is 17.1 Å². The Kier molecular flexibility index (Phi) is 10.3. The van der Waals surface area contributed by atoms with Crippen molar-refractivity contribution in [2.75, 3.05) is 5.75 Å². The van der Waals surface area contributed by atoms with Crippen LogP contribution in [0, 0.1) is 0 Å². The molecule has 0 aliphatic carbocycles. The van der Waals surface area contributed by atoms with Crippen LogP contribution in [-0.4, -0.2) is 45.0 Å². The fourth-order valence-corrected chi connectivity index (χ4v) is 5.34. The van der Waals surface area contributed by atoms with Crippen LogP contribution in [-0.2, 0) is 32.2 Å². The van der Waals surface area contributed by atoms with E-state index in [9.17, 15) is 24.6 Å². The molecule has 210 valence electrons. The molecule has 3 aromatic carbocycles. The van der Waals surface area contributed by atoms with E-state index in [1.54, 1.807) is 18.2 Å². The number of aliphatic carboxylic acids is 1. The zero-order valence-electron chi connectivity index (χ0n) is 21.7. The molecule has 3 atom stereocenters. The number of carbonyl (C=O) groups is 3. The Morgan fingerprint density at radius 2 is 1.52 bits per heavy atom. The molecule has 40 heavy (non-hydrogen) atoms. The first-order chi connectivity index (χ1) is 19.3. The third-order valence-electron chi connectivity index (χ3n) is 6.46. The molecule has 3 unspecified atom stereocenters. The summed E-state index contributed by atoms with van der Waals surface area (Å²) in [6, 6.07) is 21.9. The predicted octanol–water partition coefficient (Wildman–Crippen LogP) is 4.70. The van der Waals surface area contributed by atoms with Crippen LogP contribution in [0.1, 0.15) is 64.3 Å². The van der Waals surface area contributed by atoms with E-state index in [1.807, 2.05) is 54.6 Å². The molecule has 10 heteroatoms. The standard InChI is InChI=1S/C30H31NO8S/c32-17-20-7-9-21(10-8-20)25-15-23(18-40-26-4-2-1-3-24(26)29(36)37)38-30(39-25)22-11-5-19(6-12-22)16-31-27(33)13-14-28(34)35/h1-12,23,25,30,32H,13-18H2,(H,31,33)(H,34,35)(H,36,37). The highest BCUT2D eigenvalue weighted by atomic mass is 32.2. The Morgan fingerprint density at radius 1 is 0.850 bits per heavy atom. The first-order valence-corrected chi connectivity index (χ1v) is 13.8. The van der Waals surface area contributed by atoms with Gasteiger partial charge in [0.15, 0.2) is 6.29 Å². The fourth-order valence-electron chi connectivity index (χ4n) is 4.28. The number of thioether (sulfide) groups is 1. The number of carboxylic acid groups (broad SMARTS) is 2. The fraction of sp³-hybridized carbons (Fsp3) is 0.300. The van der Waals surface area contributed by atoms with Crippen molar-refractivity contribution < 1.29 is 39.2 Å². The highest BCUT2D eigenvalue weighted by molar-refractivity contribution is 7.99. The van der Waals surface area contributed by atoms with E-state index in [2.05, 4.69) is 5.32 Å². The normalized spacial score (nSPS) is 18.7. The molecule has 0 spiro atoms. The van der Waals surface area contributed by atoms with Crippen LogP contribution in [0.3, 0.4) is 0 Å². The molecule has 9 nitrogen and oxygen atoms in total. The summed E-state index contributed by atoms with van der Waals surface area (Å²) < 4.78 is 12.7. The summed E-state index contributed by atoms with van der Waals surface area (Å²) in [6.07, 6.45) is -0.907. The minimum absolute atomic E-state index is 0.0495. The molecular formula is C30H31NO8S. The van der Waals surface area contributed by atoms with Crippen LogP contribution >= 0.6 is 11.8 Å². The van der Waals surface area contributed by atoms with E-state index in [4.69, 9.17) is 14.6 Å². The smallest absolute Gasteiger partial charge is 0.336 e. The van der Waals surface area contributed by atoms with Crippen molar-refractivity contribution in [1.29, 1.82) is 0 Å². The molecule has 0 bridgehead atoms. The maximum absolute atomic E-state index is 11.8. The minimum atomic E-state index is -1.02. The van der Waals surface area contributed by atoms with Gasteiger partial charge in [-0.1, -0.05) is 60.7 Å². The van der Waals surface area contributed by atoms with Gasteiger partial charge < -0.3 is 30.1 Å². The largest absolute Gasteiger partial charge is 0.481 e. The van der Waals surface area contributed by atoms with Gasteiger partial charge in [0.05, 0.1) is 30.8 Å². The van der Waals surface area contributed by atoms with Gasteiger partial charge in [0, 0.05) is 35.6 Å². The minimum Gasteiger partial charge on any atom is -0.481 e. The number of aliphatic hydroxyl groups is 1. The van der Waals surface area contributed by atoms with Gasteiger partial charge in [0.25, 0.3) is 0 Å². The maximum atomic E-state index is 11.8. The summed E-state index contributed by atoms with van der Waals surface area (Å²) in [5.41, 5.74) is 3.63. The van der Waals surface area contributed by atoms with Crippen molar-refractivity contribution in [1.82, 2.24) is 5.32 Å². The van der Waals surface area contributed by atoms with Crippen molar-refractivity contribution in [3.63, 3.8) is 0 Å². The molecule has 1 fully saturated rings. The number of benzene rings is 3. The number of amides is 1. The number of aromatic carboxylic acids is 1. The Labute approximate surface area is 236 Å². The molecule has 4 N–H and O–H groups in total. The van der Waals surface area contributed by atoms with Gasteiger partial charge in [-0.05, 0) is 28.8 Å². The second-order valence-corrected chi connectivity index (χ2v) is 10.4. The molecule has 1 amide bonds. The molecule has 3 aromatic rings. The Morgan fingerprint density at radius 3 is 2.20 bits per heavy atom.